The molecule has 0 radical (unpaired) electrons. The number of nitrogens with zero attached hydrogens (tertiary/aromatic N) is 4. The van der Waals surface area contributed by atoms with Gasteiger partial charge in [-0.1, -0.05) is 36.4 Å². The van der Waals surface area contributed by atoms with Gasteiger partial charge in [0.1, 0.15) is 0 Å². The summed E-state index contributed by atoms with van der Waals surface area (Å²) in [5, 5.41) is 11.5. The average molecular weight is 378 g/mol. The number of nitrogens with two attached hydrogens (primary N) is 1. The second-order valence-corrected chi connectivity index (χ2v) is 7.39. The fourth-order valence-electron chi connectivity index (χ4n) is 4.25. The van der Waals surface area contributed by atoms with Crippen molar-refractivity contribution in [3.05, 3.63) is 84.2 Å². The predicted octanol–water partition coefficient (Wildman–Crippen LogP) is 4.45. The van der Waals surface area contributed by atoms with Crippen molar-refractivity contribution >= 4 is 39.1 Å². The van der Waals surface area contributed by atoms with Gasteiger partial charge in [-0.15, -0.1) is 0 Å². The maximum Gasteiger partial charge on any atom is 0.229 e. The van der Waals surface area contributed by atoms with Gasteiger partial charge in [0.2, 0.25) is 5.95 Å². The van der Waals surface area contributed by atoms with Crippen molar-refractivity contribution in [3.8, 4) is 0 Å². The largest absolute Gasteiger partial charge is 0.399 e. The highest BCUT2D eigenvalue weighted by atomic mass is 15.3. The van der Waals surface area contributed by atoms with Crippen LogP contribution in [0, 0.1) is 0 Å². The third kappa shape index (κ3) is 2.53. The Balaban J connectivity index is 1.43. The fraction of sp³-hybridized carbons (Fsp3) is 0.0870. The zero-order chi connectivity index (χ0) is 19.4. The molecule has 1 atom stereocenters. The molecule has 1 aliphatic rings. The van der Waals surface area contributed by atoms with E-state index in [-0.39, 0.29) is 6.04 Å². The Morgan fingerprint density at radius 2 is 1.76 bits per heavy atom. The monoisotopic (exact) mass is 378 g/mol. The lowest BCUT2D eigenvalue weighted by molar-refractivity contribution is 0.550. The van der Waals surface area contributed by atoms with Crippen molar-refractivity contribution in [1.82, 2.24) is 19.7 Å². The molecule has 0 saturated heterocycles. The van der Waals surface area contributed by atoms with Crippen molar-refractivity contribution in [2.75, 3.05) is 11.1 Å². The van der Waals surface area contributed by atoms with Crippen LogP contribution in [-0.2, 0) is 6.42 Å². The summed E-state index contributed by atoms with van der Waals surface area (Å²) in [6.07, 6.45) is 4.57. The Hall–Kier alpha value is -3.93. The second kappa shape index (κ2) is 6.04. The maximum absolute atomic E-state index is 5.77. The minimum atomic E-state index is 0.132. The molecule has 0 bridgehead atoms. The van der Waals surface area contributed by atoms with E-state index < -0.39 is 0 Å². The molecule has 3 aromatic carbocycles. The van der Waals surface area contributed by atoms with E-state index in [1.165, 1.54) is 21.9 Å². The molecule has 1 aliphatic carbocycles. The summed E-state index contributed by atoms with van der Waals surface area (Å²) in [5.74, 6) is 0.540. The number of nitrogens with one attached hydrogen (secondary N) is 1. The lowest BCUT2D eigenvalue weighted by atomic mass is 10.0. The number of anilines is 3. The fourth-order valence-corrected chi connectivity index (χ4v) is 4.25. The highest BCUT2D eigenvalue weighted by Gasteiger charge is 2.27. The number of hydrogen-bond donors (Lipinski definition) is 2. The summed E-state index contributed by atoms with van der Waals surface area (Å²) >= 11 is 0. The molecule has 6 heteroatoms. The smallest absolute Gasteiger partial charge is 0.229 e. The van der Waals surface area contributed by atoms with E-state index >= 15 is 0 Å². The minimum Gasteiger partial charge on any atom is -0.399 e. The standard InChI is InChI=1S/C23H18N6/c24-17-7-9-18(10-8-17)27-23-25-12-16-13-26-29(22(16)28-23)20-11-15-5-1-3-14-4-2-6-19(20)21(14)15/h1-10,12-13,20H,11,24H2,(H,25,27,28). The molecule has 6 rings (SSSR count). The number of rotatable bonds is 3. The van der Waals surface area contributed by atoms with Gasteiger partial charge in [0.25, 0.3) is 0 Å². The SMILES string of the molecule is Nc1ccc(Nc2ncc3cnn(C4Cc5cccc6cccc4c56)c3n2)cc1. The molecule has 2 heterocycles. The Kier molecular flexibility index (Phi) is 3.34. The van der Waals surface area contributed by atoms with Crippen LogP contribution in [-0.4, -0.2) is 19.7 Å². The molecular weight excluding hydrogens is 360 g/mol. The van der Waals surface area contributed by atoms with Gasteiger partial charge in [0.05, 0.1) is 17.6 Å². The van der Waals surface area contributed by atoms with Crippen LogP contribution in [0.4, 0.5) is 17.3 Å². The van der Waals surface area contributed by atoms with E-state index in [1.54, 1.807) is 0 Å². The Morgan fingerprint density at radius 3 is 2.62 bits per heavy atom. The van der Waals surface area contributed by atoms with Crippen LogP contribution in [0.2, 0.25) is 0 Å². The first-order valence-electron chi connectivity index (χ1n) is 9.59. The Morgan fingerprint density at radius 1 is 0.931 bits per heavy atom. The molecule has 0 aliphatic heterocycles. The van der Waals surface area contributed by atoms with E-state index in [2.05, 4.69) is 51.8 Å². The molecule has 140 valence electrons. The topological polar surface area (TPSA) is 81.6 Å². The average Bonchev–Trinajstić information content (AvgIpc) is 3.32. The summed E-state index contributed by atoms with van der Waals surface area (Å²) in [4.78, 5) is 9.21. The summed E-state index contributed by atoms with van der Waals surface area (Å²) in [7, 11) is 0. The number of fused-ring (bicyclic) bond motifs is 1. The van der Waals surface area contributed by atoms with E-state index in [0.717, 1.165) is 28.8 Å². The zero-order valence-electron chi connectivity index (χ0n) is 15.6. The van der Waals surface area contributed by atoms with E-state index in [9.17, 15) is 0 Å². The van der Waals surface area contributed by atoms with E-state index in [0.29, 0.717) is 5.95 Å². The highest BCUT2D eigenvalue weighted by molar-refractivity contribution is 5.91. The molecule has 1 unspecified atom stereocenters. The third-order valence-corrected chi connectivity index (χ3v) is 5.59. The first-order valence-corrected chi connectivity index (χ1v) is 9.59. The predicted molar refractivity (Wildman–Crippen MR) is 115 cm³/mol. The van der Waals surface area contributed by atoms with Crippen LogP contribution in [0.1, 0.15) is 17.2 Å². The second-order valence-electron chi connectivity index (χ2n) is 7.39. The van der Waals surface area contributed by atoms with Gasteiger partial charge < -0.3 is 11.1 Å². The summed E-state index contributed by atoms with van der Waals surface area (Å²) in [5.41, 5.74) is 10.9. The van der Waals surface area contributed by atoms with Gasteiger partial charge >= 0.3 is 0 Å². The minimum absolute atomic E-state index is 0.132. The van der Waals surface area contributed by atoms with Gasteiger partial charge in [0, 0.05) is 17.6 Å². The molecule has 0 fully saturated rings. The lowest BCUT2D eigenvalue weighted by Gasteiger charge is -2.14. The summed E-state index contributed by atoms with van der Waals surface area (Å²) in [6.45, 7) is 0. The molecule has 0 saturated carbocycles. The number of nitrogen functional groups attached to an aromatic ring is 1. The zero-order valence-corrected chi connectivity index (χ0v) is 15.6. The molecule has 5 aromatic rings. The van der Waals surface area contributed by atoms with Crippen LogP contribution < -0.4 is 11.1 Å². The van der Waals surface area contributed by atoms with Gasteiger partial charge in [-0.05, 0) is 52.6 Å². The van der Waals surface area contributed by atoms with Crippen molar-refractivity contribution in [3.63, 3.8) is 0 Å². The normalized spacial score (nSPS) is 15.2. The van der Waals surface area contributed by atoms with Crippen LogP contribution in [0.25, 0.3) is 21.8 Å². The van der Waals surface area contributed by atoms with Crippen LogP contribution in [0.3, 0.4) is 0 Å². The summed E-state index contributed by atoms with van der Waals surface area (Å²) in [6, 6.07) is 20.6. The van der Waals surface area contributed by atoms with Crippen molar-refractivity contribution in [2.45, 2.75) is 12.5 Å². The summed E-state index contributed by atoms with van der Waals surface area (Å²) < 4.78 is 2.03. The van der Waals surface area contributed by atoms with E-state index in [1.807, 2.05) is 41.3 Å². The Labute approximate surface area is 167 Å². The molecule has 3 N–H and O–H groups in total. The highest BCUT2D eigenvalue weighted by Crippen LogP contribution is 2.39. The van der Waals surface area contributed by atoms with Gasteiger partial charge in [-0.3, -0.25) is 0 Å². The van der Waals surface area contributed by atoms with Gasteiger partial charge in [0.15, 0.2) is 5.65 Å². The molecule has 29 heavy (non-hydrogen) atoms. The first kappa shape index (κ1) is 16.1. The van der Waals surface area contributed by atoms with E-state index in [4.69, 9.17) is 10.7 Å². The molecule has 0 amide bonds. The van der Waals surface area contributed by atoms with Crippen LogP contribution in [0.5, 0.6) is 0 Å². The molecule has 2 aromatic heterocycles. The molecular formula is C23H18N6. The van der Waals surface area contributed by atoms with Gasteiger partial charge in [-0.25, -0.2) is 9.67 Å². The van der Waals surface area contributed by atoms with Crippen molar-refractivity contribution < 1.29 is 0 Å². The Bertz CT molecular complexity index is 1360. The maximum atomic E-state index is 5.77. The van der Waals surface area contributed by atoms with Crippen LogP contribution in [0.15, 0.2) is 73.1 Å². The number of hydrogen-bond acceptors (Lipinski definition) is 5. The number of benzene rings is 3. The number of aromatic nitrogens is 4. The first-order chi connectivity index (χ1) is 14.3. The molecule has 0 spiro atoms. The molecule has 6 nitrogen and oxygen atoms in total. The quantitative estimate of drug-likeness (QED) is 0.453. The van der Waals surface area contributed by atoms with Crippen LogP contribution >= 0.6 is 0 Å². The van der Waals surface area contributed by atoms with Crippen molar-refractivity contribution in [1.29, 1.82) is 0 Å². The third-order valence-electron chi connectivity index (χ3n) is 5.59. The lowest BCUT2D eigenvalue weighted by Crippen LogP contribution is -2.12. The van der Waals surface area contributed by atoms with Crippen molar-refractivity contribution in [2.24, 2.45) is 0 Å². The van der Waals surface area contributed by atoms with Gasteiger partial charge in [-0.2, -0.15) is 10.1 Å².